The Hall–Kier alpha value is -0.930. The van der Waals surface area contributed by atoms with Crippen LogP contribution in [0.5, 0.6) is 0 Å². The van der Waals surface area contributed by atoms with Crippen LogP contribution in [0.3, 0.4) is 0 Å². The van der Waals surface area contributed by atoms with Crippen LogP contribution in [0, 0.1) is 0 Å². The smallest absolute Gasteiger partial charge is 0.191 e. The molecule has 2 atom stereocenters. The molecule has 1 fully saturated rings. The number of aromatic nitrogens is 1. The highest BCUT2D eigenvalue weighted by Crippen LogP contribution is 2.15. The summed E-state index contributed by atoms with van der Waals surface area (Å²) in [6.07, 6.45) is 5.28. The normalized spacial score (nSPS) is 19.6. The van der Waals surface area contributed by atoms with Crippen molar-refractivity contribution in [2.45, 2.75) is 38.8 Å². The Morgan fingerprint density at radius 1 is 1.38 bits per heavy atom. The predicted molar refractivity (Wildman–Crippen MR) is 109 cm³/mol. The van der Waals surface area contributed by atoms with E-state index in [-0.39, 0.29) is 24.0 Å². The van der Waals surface area contributed by atoms with Crippen molar-refractivity contribution >= 4 is 29.9 Å². The van der Waals surface area contributed by atoms with Gasteiger partial charge in [0.05, 0.1) is 12.6 Å². The predicted octanol–water partition coefficient (Wildman–Crippen LogP) is 1.77. The van der Waals surface area contributed by atoms with Crippen LogP contribution in [0.2, 0.25) is 0 Å². The Morgan fingerprint density at radius 2 is 2.12 bits per heavy atom. The molecule has 2 heterocycles. The van der Waals surface area contributed by atoms with Crippen LogP contribution in [0.4, 0.5) is 0 Å². The monoisotopic (exact) mass is 447 g/mol. The molecule has 2 unspecified atom stereocenters. The van der Waals surface area contributed by atoms with E-state index in [1.165, 1.54) is 19.4 Å². The SMILES string of the molecule is CCNC(=NCC(O)c1ccncc1)NCC1CCCN1CC.I. The molecule has 1 aromatic heterocycles. The maximum atomic E-state index is 10.2. The molecule has 1 saturated heterocycles. The minimum Gasteiger partial charge on any atom is -0.386 e. The van der Waals surface area contributed by atoms with Crippen molar-refractivity contribution in [1.82, 2.24) is 20.5 Å². The molecule has 0 saturated carbocycles. The number of rotatable bonds is 7. The van der Waals surface area contributed by atoms with E-state index in [1.54, 1.807) is 12.4 Å². The molecule has 1 aliphatic rings. The van der Waals surface area contributed by atoms with Gasteiger partial charge < -0.3 is 15.7 Å². The number of hydrogen-bond donors (Lipinski definition) is 3. The zero-order valence-electron chi connectivity index (χ0n) is 14.6. The Kier molecular flexibility index (Phi) is 10.2. The number of nitrogens with zero attached hydrogens (tertiary/aromatic N) is 3. The first-order valence-electron chi connectivity index (χ1n) is 8.58. The van der Waals surface area contributed by atoms with Gasteiger partial charge in [0.1, 0.15) is 0 Å². The highest BCUT2D eigenvalue weighted by atomic mass is 127. The number of hydrogen-bond acceptors (Lipinski definition) is 4. The molecular weight excluding hydrogens is 417 g/mol. The number of halogens is 1. The third kappa shape index (κ3) is 6.52. The standard InChI is InChI=1S/C17H29N5O.HI/c1-3-19-17(20-12-15-6-5-11-22(15)4-2)21-13-16(23)14-7-9-18-10-8-14;/h7-10,15-16,23H,3-6,11-13H2,1-2H3,(H2,19,20,21);1H. The lowest BCUT2D eigenvalue weighted by atomic mass is 10.1. The van der Waals surface area contributed by atoms with Gasteiger partial charge in [0.25, 0.3) is 0 Å². The average Bonchev–Trinajstić information content (AvgIpc) is 3.05. The van der Waals surface area contributed by atoms with Crippen molar-refractivity contribution in [3.05, 3.63) is 30.1 Å². The van der Waals surface area contributed by atoms with Crippen LogP contribution in [0.1, 0.15) is 38.4 Å². The number of likely N-dealkylation sites (tertiary alicyclic amines) is 1. The van der Waals surface area contributed by atoms with Crippen LogP contribution in [0.15, 0.2) is 29.5 Å². The molecule has 7 heteroatoms. The second kappa shape index (κ2) is 11.6. The first kappa shape index (κ1) is 21.1. The molecule has 24 heavy (non-hydrogen) atoms. The van der Waals surface area contributed by atoms with Crippen LogP contribution in [0.25, 0.3) is 0 Å². The summed E-state index contributed by atoms with van der Waals surface area (Å²) in [5.74, 6) is 0.767. The third-order valence-electron chi connectivity index (χ3n) is 4.27. The van der Waals surface area contributed by atoms with E-state index in [2.05, 4.69) is 32.4 Å². The molecule has 0 radical (unpaired) electrons. The van der Waals surface area contributed by atoms with Crippen molar-refractivity contribution in [2.24, 2.45) is 4.99 Å². The van der Waals surface area contributed by atoms with E-state index < -0.39 is 6.10 Å². The van der Waals surface area contributed by atoms with Crippen molar-refractivity contribution in [3.8, 4) is 0 Å². The van der Waals surface area contributed by atoms with E-state index in [0.29, 0.717) is 12.6 Å². The van der Waals surface area contributed by atoms with Gasteiger partial charge in [0.2, 0.25) is 0 Å². The van der Waals surface area contributed by atoms with Crippen LogP contribution < -0.4 is 10.6 Å². The van der Waals surface area contributed by atoms with Crippen LogP contribution in [-0.4, -0.2) is 59.7 Å². The number of guanidine groups is 1. The molecular formula is C17H30IN5O. The topological polar surface area (TPSA) is 72.8 Å². The first-order chi connectivity index (χ1) is 11.2. The number of aliphatic imine (C=N–C) groups is 1. The Bertz CT molecular complexity index is 485. The van der Waals surface area contributed by atoms with Gasteiger partial charge in [-0.05, 0) is 50.6 Å². The van der Waals surface area contributed by atoms with Gasteiger partial charge in [-0.25, -0.2) is 0 Å². The van der Waals surface area contributed by atoms with Gasteiger partial charge in [0, 0.05) is 31.5 Å². The fourth-order valence-corrected chi connectivity index (χ4v) is 2.97. The number of pyridine rings is 1. The quantitative estimate of drug-likeness (QED) is 0.338. The molecule has 2 rings (SSSR count). The summed E-state index contributed by atoms with van der Waals surface area (Å²) in [4.78, 5) is 11.0. The summed E-state index contributed by atoms with van der Waals surface area (Å²) >= 11 is 0. The maximum Gasteiger partial charge on any atom is 0.191 e. The summed E-state index contributed by atoms with van der Waals surface area (Å²) in [6, 6.07) is 4.21. The minimum absolute atomic E-state index is 0. The van der Waals surface area contributed by atoms with Gasteiger partial charge in [0.15, 0.2) is 5.96 Å². The van der Waals surface area contributed by atoms with E-state index in [1.807, 2.05) is 19.1 Å². The van der Waals surface area contributed by atoms with Gasteiger partial charge in [-0.3, -0.25) is 14.9 Å². The van der Waals surface area contributed by atoms with Gasteiger partial charge in [-0.1, -0.05) is 6.92 Å². The molecule has 1 aliphatic heterocycles. The van der Waals surface area contributed by atoms with E-state index in [9.17, 15) is 5.11 Å². The number of aliphatic hydroxyl groups is 1. The van der Waals surface area contributed by atoms with Crippen molar-refractivity contribution in [1.29, 1.82) is 0 Å². The molecule has 0 spiro atoms. The summed E-state index contributed by atoms with van der Waals surface area (Å²) in [7, 11) is 0. The lowest BCUT2D eigenvalue weighted by Crippen LogP contribution is -2.45. The zero-order chi connectivity index (χ0) is 16.5. The molecule has 0 amide bonds. The Labute approximate surface area is 162 Å². The summed E-state index contributed by atoms with van der Waals surface area (Å²) < 4.78 is 0. The lowest BCUT2D eigenvalue weighted by Gasteiger charge is -2.24. The van der Waals surface area contributed by atoms with E-state index in [4.69, 9.17) is 0 Å². The molecule has 136 valence electrons. The van der Waals surface area contributed by atoms with Gasteiger partial charge in [-0.2, -0.15) is 0 Å². The highest BCUT2D eigenvalue weighted by molar-refractivity contribution is 14.0. The summed E-state index contributed by atoms with van der Waals surface area (Å²) in [6.45, 7) is 8.58. The van der Waals surface area contributed by atoms with Crippen LogP contribution in [-0.2, 0) is 0 Å². The molecule has 6 nitrogen and oxygen atoms in total. The van der Waals surface area contributed by atoms with Crippen molar-refractivity contribution in [2.75, 3.05) is 32.7 Å². The number of likely N-dealkylation sites (N-methyl/N-ethyl adjacent to an activating group) is 1. The second-order valence-corrected chi connectivity index (χ2v) is 5.82. The van der Waals surface area contributed by atoms with Crippen molar-refractivity contribution in [3.63, 3.8) is 0 Å². The molecule has 3 N–H and O–H groups in total. The Balaban J connectivity index is 0.00000288. The number of aliphatic hydroxyl groups excluding tert-OH is 1. The summed E-state index contributed by atoms with van der Waals surface area (Å²) in [5.41, 5.74) is 0.840. The largest absolute Gasteiger partial charge is 0.386 e. The first-order valence-corrected chi connectivity index (χ1v) is 8.58. The maximum absolute atomic E-state index is 10.2. The Morgan fingerprint density at radius 3 is 2.79 bits per heavy atom. The summed E-state index contributed by atoms with van der Waals surface area (Å²) in [5, 5.41) is 16.8. The van der Waals surface area contributed by atoms with Crippen molar-refractivity contribution < 1.29 is 5.11 Å². The highest BCUT2D eigenvalue weighted by Gasteiger charge is 2.22. The molecule has 0 aromatic carbocycles. The van der Waals surface area contributed by atoms with E-state index >= 15 is 0 Å². The fraction of sp³-hybridized carbons (Fsp3) is 0.647. The van der Waals surface area contributed by atoms with Gasteiger partial charge in [-0.15, -0.1) is 24.0 Å². The van der Waals surface area contributed by atoms with Gasteiger partial charge >= 0.3 is 0 Å². The number of nitrogens with one attached hydrogen (secondary N) is 2. The minimum atomic E-state index is -0.605. The molecule has 0 bridgehead atoms. The average molecular weight is 447 g/mol. The molecule has 1 aromatic rings. The second-order valence-electron chi connectivity index (χ2n) is 5.82. The lowest BCUT2D eigenvalue weighted by molar-refractivity contribution is 0.187. The molecule has 0 aliphatic carbocycles. The van der Waals surface area contributed by atoms with E-state index in [0.717, 1.165) is 31.2 Å². The zero-order valence-corrected chi connectivity index (χ0v) is 16.9. The third-order valence-corrected chi connectivity index (χ3v) is 4.27. The fourth-order valence-electron chi connectivity index (χ4n) is 2.97. The van der Waals surface area contributed by atoms with Crippen LogP contribution >= 0.6 is 24.0 Å².